The first-order chi connectivity index (χ1) is 19.8. The second kappa shape index (κ2) is 10.6. The molecule has 3 aliphatic rings. The number of aromatic hydroxyl groups is 1. The van der Waals surface area contributed by atoms with Gasteiger partial charge in [-0.15, -0.1) is 0 Å². The first-order valence-electron chi connectivity index (χ1n) is 14.0. The van der Waals surface area contributed by atoms with Crippen molar-refractivity contribution < 1.29 is 34.8 Å². The number of carbonyl (C=O) groups is 3. The van der Waals surface area contributed by atoms with E-state index in [1.807, 2.05) is 55.4 Å². The van der Waals surface area contributed by atoms with Crippen molar-refractivity contribution in [3.05, 3.63) is 75.6 Å². The smallest absolute Gasteiger partial charge is 0.255 e. The van der Waals surface area contributed by atoms with Crippen LogP contribution in [0.2, 0.25) is 0 Å². The zero-order valence-electron chi connectivity index (χ0n) is 24.2. The SMILES string of the molecule is CN(C)c1cc(CCCc2ccccc2)c(O)c2c1C[C@H]1C[C@H]3[C@H](N(C)C)C(=O)C(C(N)=O)=C(O)[C@@]3(O)C(=O)C1=C2O. The number of phenolic OH excluding ortho intramolecular Hbond substituents is 1. The van der Waals surface area contributed by atoms with E-state index in [0.717, 1.165) is 24.1 Å². The van der Waals surface area contributed by atoms with Crippen molar-refractivity contribution in [1.82, 2.24) is 4.90 Å². The van der Waals surface area contributed by atoms with Gasteiger partial charge in [-0.1, -0.05) is 30.3 Å². The molecule has 2 aromatic rings. The number of aliphatic hydroxyl groups is 3. The summed E-state index contributed by atoms with van der Waals surface area (Å²) in [6.45, 7) is 0. The molecule has 0 spiro atoms. The summed E-state index contributed by atoms with van der Waals surface area (Å²) >= 11 is 0. The highest BCUT2D eigenvalue weighted by atomic mass is 16.3. The number of primary amides is 1. The molecule has 0 radical (unpaired) electrons. The van der Waals surface area contributed by atoms with Crippen LogP contribution in [-0.4, -0.2) is 82.6 Å². The van der Waals surface area contributed by atoms with E-state index in [1.54, 1.807) is 14.1 Å². The van der Waals surface area contributed by atoms with Crippen LogP contribution in [0.5, 0.6) is 5.75 Å². The Hall–Kier alpha value is -4.15. The van der Waals surface area contributed by atoms with Gasteiger partial charge in [0.15, 0.2) is 11.4 Å². The van der Waals surface area contributed by atoms with Gasteiger partial charge >= 0.3 is 0 Å². The Bertz CT molecular complexity index is 1540. The standard InChI is InChI=1S/C32H37N3O7/c1-34(2)21-15-17(12-8-11-16-9-6-5-7-10-16)26(36)23-19(21)13-18-14-20-25(35(3)4)28(38)24(31(33)41)30(40)32(20,42)29(39)22(18)27(23)37/h5-7,9-10,15,18,20,25,36-37,40,42H,8,11-14H2,1-4H3,(H2,33,41)/t18-,20-,25-,32-/m0/s1. The number of likely N-dealkylation sites (N-methyl/N-ethyl adjacent to an activating group) is 1. The monoisotopic (exact) mass is 575 g/mol. The average molecular weight is 576 g/mol. The van der Waals surface area contributed by atoms with Crippen molar-refractivity contribution in [1.29, 1.82) is 0 Å². The molecule has 5 rings (SSSR count). The second-order valence-electron chi connectivity index (χ2n) is 12.0. The maximum Gasteiger partial charge on any atom is 0.255 e. The lowest BCUT2D eigenvalue weighted by atomic mass is 9.57. The summed E-state index contributed by atoms with van der Waals surface area (Å²) in [6.07, 6.45) is 2.34. The van der Waals surface area contributed by atoms with Crippen LogP contribution in [0.1, 0.15) is 35.1 Å². The third-order valence-corrected chi connectivity index (χ3v) is 9.01. The molecule has 1 amide bonds. The summed E-state index contributed by atoms with van der Waals surface area (Å²) < 4.78 is 0. The van der Waals surface area contributed by atoms with Gasteiger partial charge in [0, 0.05) is 31.3 Å². The fourth-order valence-electron chi connectivity index (χ4n) is 7.06. The lowest BCUT2D eigenvalue weighted by Gasteiger charge is -2.50. The number of aryl methyl sites for hydroxylation is 2. The molecule has 1 fully saturated rings. The van der Waals surface area contributed by atoms with Crippen LogP contribution < -0.4 is 10.6 Å². The summed E-state index contributed by atoms with van der Waals surface area (Å²) in [7, 11) is 6.87. The van der Waals surface area contributed by atoms with Crippen LogP contribution in [0.15, 0.2) is 53.3 Å². The number of hydrogen-bond acceptors (Lipinski definition) is 9. The van der Waals surface area contributed by atoms with Crippen LogP contribution in [0.4, 0.5) is 5.69 Å². The number of nitrogens with two attached hydrogens (primary N) is 1. The van der Waals surface area contributed by atoms with Gasteiger partial charge in [-0.05, 0) is 74.9 Å². The van der Waals surface area contributed by atoms with Crippen LogP contribution >= 0.6 is 0 Å². The largest absolute Gasteiger partial charge is 0.508 e. The summed E-state index contributed by atoms with van der Waals surface area (Å²) in [5.74, 6) is -6.47. The van der Waals surface area contributed by atoms with Crippen molar-refractivity contribution >= 4 is 28.9 Å². The molecule has 10 nitrogen and oxygen atoms in total. The minimum Gasteiger partial charge on any atom is -0.508 e. The van der Waals surface area contributed by atoms with E-state index in [9.17, 15) is 34.8 Å². The minimum absolute atomic E-state index is 0.0538. The molecule has 0 aliphatic heterocycles. The first-order valence-corrected chi connectivity index (χ1v) is 14.0. The lowest BCUT2D eigenvalue weighted by Crippen LogP contribution is -2.65. The van der Waals surface area contributed by atoms with E-state index < -0.39 is 58.0 Å². The molecule has 0 heterocycles. The van der Waals surface area contributed by atoms with Gasteiger partial charge < -0.3 is 31.1 Å². The normalized spacial score (nSPS) is 25.3. The van der Waals surface area contributed by atoms with Crippen LogP contribution in [0.25, 0.3) is 5.76 Å². The molecule has 0 aromatic heterocycles. The molecular formula is C32H37N3O7. The Kier molecular flexibility index (Phi) is 7.40. The molecule has 6 N–H and O–H groups in total. The van der Waals surface area contributed by atoms with Crippen LogP contribution in [-0.2, 0) is 33.6 Å². The van der Waals surface area contributed by atoms with Crippen molar-refractivity contribution in [2.75, 3.05) is 33.1 Å². The second-order valence-corrected chi connectivity index (χ2v) is 12.0. The van der Waals surface area contributed by atoms with Crippen molar-refractivity contribution in [2.24, 2.45) is 17.6 Å². The number of aliphatic hydroxyl groups excluding tert-OH is 2. The molecule has 4 atom stereocenters. The fourth-order valence-corrected chi connectivity index (χ4v) is 7.06. The zero-order valence-corrected chi connectivity index (χ0v) is 24.2. The van der Waals surface area contributed by atoms with Gasteiger partial charge in [0.05, 0.1) is 11.6 Å². The molecule has 42 heavy (non-hydrogen) atoms. The Morgan fingerprint density at radius 3 is 2.31 bits per heavy atom. The molecule has 0 unspecified atom stereocenters. The molecule has 1 saturated carbocycles. The van der Waals surface area contributed by atoms with Crippen molar-refractivity contribution in [3.8, 4) is 5.75 Å². The van der Waals surface area contributed by atoms with Gasteiger partial charge in [-0.2, -0.15) is 0 Å². The van der Waals surface area contributed by atoms with Gasteiger partial charge in [0.1, 0.15) is 22.8 Å². The Morgan fingerprint density at radius 2 is 1.71 bits per heavy atom. The van der Waals surface area contributed by atoms with Crippen LogP contribution in [0, 0.1) is 11.8 Å². The number of anilines is 1. The Morgan fingerprint density at radius 1 is 1.05 bits per heavy atom. The number of fused-ring (bicyclic) bond motifs is 3. The average Bonchev–Trinajstić information content (AvgIpc) is 2.92. The number of phenols is 1. The van der Waals surface area contributed by atoms with Crippen molar-refractivity contribution in [3.63, 3.8) is 0 Å². The number of amides is 1. The van der Waals surface area contributed by atoms with Crippen LogP contribution in [0.3, 0.4) is 0 Å². The van der Waals surface area contributed by atoms with E-state index in [0.29, 0.717) is 17.5 Å². The molecule has 10 heteroatoms. The summed E-state index contributed by atoms with van der Waals surface area (Å²) in [5, 5.41) is 45.9. The molecular weight excluding hydrogens is 538 g/mol. The van der Waals surface area contributed by atoms with Gasteiger partial charge in [0.2, 0.25) is 5.78 Å². The predicted molar refractivity (Wildman–Crippen MR) is 157 cm³/mol. The first kappa shape index (κ1) is 29.3. The third-order valence-electron chi connectivity index (χ3n) is 9.01. The van der Waals surface area contributed by atoms with E-state index in [-0.39, 0.29) is 29.7 Å². The number of ketones is 2. The summed E-state index contributed by atoms with van der Waals surface area (Å²) in [4.78, 5) is 42.9. The minimum atomic E-state index is -2.65. The number of benzene rings is 2. The molecule has 0 saturated heterocycles. The molecule has 0 bridgehead atoms. The zero-order chi connectivity index (χ0) is 30.7. The van der Waals surface area contributed by atoms with Gasteiger partial charge in [-0.3, -0.25) is 19.3 Å². The maximum absolute atomic E-state index is 14.1. The van der Waals surface area contributed by atoms with E-state index in [1.165, 1.54) is 4.90 Å². The quantitative estimate of drug-likeness (QED) is 0.311. The number of rotatable bonds is 7. The van der Waals surface area contributed by atoms with Gasteiger partial charge in [-0.25, -0.2) is 0 Å². The van der Waals surface area contributed by atoms with E-state index >= 15 is 0 Å². The summed E-state index contributed by atoms with van der Waals surface area (Å²) in [5.41, 5.74) is 5.08. The Labute approximate surface area is 244 Å². The number of hydrogen-bond donors (Lipinski definition) is 5. The molecule has 222 valence electrons. The van der Waals surface area contributed by atoms with Crippen molar-refractivity contribution in [2.45, 2.75) is 43.7 Å². The topological polar surface area (TPSA) is 165 Å². The lowest BCUT2D eigenvalue weighted by molar-refractivity contribution is -0.153. The molecule has 2 aromatic carbocycles. The summed E-state index contributed by atoms with van der Waals surface area (Å²) in [6, 6.07) is 10.8. The number of carbonyl (C=O) groups excluding carboxylic acids is 3. The number of nitrogens with zero attached hydrogens (tertiary/aromatic N) is 2. The maximum atomic E-state index is 14.1. The van der Waals surface area contributed by atoms with E-state index in [4.69, 9.17) is 5.73 Å². The van der Waals surface area contributed by atoms with E-state index in [2.05, 4.69) is 0 Å². The molecule has 3 aliphatic carbocycles. The predicted octanol–water partition coefficient (Wildman–Crippen LogP) is 2.21. The highest BCUT2D eigenvalue weighted by Gasteiger charge is 2.64. The highest BCUT2D eigenvalue weighted by molar-refractivity contribution is 6.24. The highest BCUT2D eigenvalue weighted by Crippen LogP contribution is 2.54. The van der Waals surface area contributed by atoms with Gasteiger partial charge in [0.25, 0.3) is 5.91 Å². The third kappa shape index (κ3) is 4.37. The Balaban J connectivity index is 1.63. The fraction of sp³-hybridized carbons (Fsp3) is 0.406. The number of Topliss-reactive ketones (excluding diaryl/α,β-unsaturated/α-hetero) is 2.